The maximum atomic E-state index is 12.9. The molecule has 3 N–H and O–H groups in total. The molecule has 9 heteroatoms. The van der Waals surface area contributed by atoms with Crippen LogP contribution in [0.2, 0.25) is 5.02 Å². The van der Waals surface area contributed by atoms with Crippen molar-refractivity contribution in [2.75, 3.05) is 31.1 Å². The van der Waals surface area contributed by atoms with Gasteiger partial charge in [-0.05, 0) is 24.6 Å². The number of hydrogen-bond acceptors (Lipinski definition) is 5. The molecule has 1 saturated heterocycles. The Labute approximate surface area is 187 Å². The van der Waals surface area contributed by atoms with Gasteiger partial charge in [0.05, 0.1) is 12.5 Å². The fourth-order valence-electron chi connectivity index (χ4n) is 3.60. The van der Waals surface area contributed by atoms with Crippen molar-refractivity contribution >= 4 is 29.4 Å². The summed E-state index contributed by atoms with van der Waals surface area (Å²) in [4.78, 5) is 37.6. The smallest absolute Gasteiger partial charge is 0.312 e. The monoisotopic (exact) mass is 444 g/mol. The third-order valence-electron chi connectivity index (χ3n) is 5.30. The Morgan fingerprint density at radius 3 is 2.35 bits per heavy atom. The summed E-state index contributed by atoms with van der Waals surface area (Å²) in [5.74, 6) is 1.95. The van der Waals surface area contributed by atoms with Crippen LogP contribution in [0.3, 0.4) is 0 Å². The van der Waals surface area contributed by atoms with Gasteiger partial charge in [-0.25, -0.2) is 14.8 Å². The van der Waals surface area contributed by atoms with E-state index in [2.05, 4.69) is 29.0 Å². The second-order valence-corrected chi connectivity index (χ2v) is 8.50. The number of benzene rings is 1. The number of nitrogens with one attached hydrogen (secondary N) is 1. The van der Waals surface area contributed by atoms with Crippen LogP contribution >= 0.6 is 11.6 Å². The largest absolute Gasteiger partial charge is 0.353 e. The number of carbonyl (C=O) groups is 2. The molecule has 0 radical (unpaired) electrons. The molecule has 0 bridgehead atoms. The Bertz CT molecular complexity index is 926. The van der Waals surface area contributed by atoms with Crippen LogP contribution in [0.25, 0.3) is 0 Å². The number of anilines is 1. The molecule has 1 aromatic heterocycles. The van der Waals surface area contributed by atoms with Crippen LogP contribution in [0.5, 0.6) is 0 Å². The molecule has 0 saturated carbocycles. The first kappa shape index (κ1) is 22.8. The molecule has 8 nitrogen and oxygen atoms in total. The van der Waals surface area contributed by atoms with E-state index < -0.39 is 12.1 Å². The first-order valence-corrected chi connectivity index (χ1v) is 10.8. The zero-order valence-corrected chi connectivity index (χ0v) is 18.9. The van der Waals surface area contributed by atoms with Gasteiger partial charge in [-0.1, -0.05) is 37.6 Å². The summed E-state index contributed by atoms with van der Waals surface area (Å²) in [5, 5.41) is 3.25. The lowest BCUT2D eigenvalue weighted by Gasteiger charge is -2.36. The number of carbonyl (C=O) groups excluding carboxylic acids is 2. The molecule has 1 aromatic carbocycles. The number of nitrogens with zero attached hydrogens (tertiary/aromatic N) is 4. The van der Waals surface area contributed by atoms with Gasteiger partial charge in [-0.15, -0.1) is 0 Å². The number of piperazine rings is 1. The van der Waals surface area contributed by atoms with Gasteiger partial charge in [0.1, 0.15) is 11.6 Å². The molecule has 0 unspecified atom stereocenters. The van der Waals surface area contributed by atoms with Crippen LogP contribution in [0.15, 0.2) is 30.3 Å². The quantitative estimate of drug-likeness (QED) is 0.712. The summed E-state index contributed by atoms with van der Waals surface area (Å²) in [6.07, 6.45) is 0.134. The number of amides is 3. The van der Waals surface area contributed by atoms with E-state index in [1.54, 1.807) is 24.3 Å². The Kier molecular flexibility index (Phi) is 7.33. The zero-order valence-electron chi connectivity index (χ0n) is 18.1. The lowest BCUT2D eigenvalue weighted by Crippen LogP contribution is -2.50. The summed E-state index contributed by atoms with van der Waals surface area (Å²) < 4.78 is 0. The number of primary amides is 1. The minimum Gasteiger partial charge on any atom is -0.353 e. The van der Waals surface area contributed by atoms with Crippen LogP contribution in [-0.2, 0) is 4.79 Å². The number of rotatable bonds is 6. The van der Waals surface area contributed by atoms with Crippen molar-refractivity contribution in [2.45, 2.75) is 39.2 Å². The van der Waals surface area contributed by atoms with Crippen molar-refractivity contribution in [2.24, 2.45) is 5.73 Å². The van der Waals surface area contributed by atoms with E-state index in [4.69, 9.17) is 22.3 Å². The standard InChI is InChI=1S/C22H29ClN6O2/c1-14(2)21-25-15(3)12-19(27-21)28-8-10-29(11-9-28)20(30)13-18(26-22(24)31)16-4-6-17(23)7-5-16/h4-7,12,14,18H,8-11,13H2,1-3H3,(H3,24,26,31)/t18-/m0/s1. The molecule has 31 heavy (non-hydrogen) atoms. The van der Waals surface area contributed by atoms with E-state index in [0.29, 0.717) is 31.2 Å². The van der Waals surface area contributed by atoms with Gasteiger partial charge in [0.25, 0.3) is 0 Å². The van der Waals surface area contributed by atoms with Gasteiger partial charge >= 0.3 is 6.03 Å². The number of aromatic nitrogens is 2. The maximum absolute atomic E-state index is 12.9. The number of urea groups is 1. The molecule has 1 aliphatic rings. The Morgan fingerprint density at radius 1 is 1.13 bits per heavy atom. The minimum atomic E-state index is -0.669. The van der Waals surface area contributed by atoms with Crippen molar-refractivity contribution in [1.82, 2.24) is 20.2 Å². The van der Waals surface area contributed by atoms with Crippen molar-refractivity contribution in [3.05, 3.63) is 52.4 Å². The Morgan fingerprint density at radius 2 is 1.77 bits per heavy atom. The van der Waals surface area contributed by atoms with Gasteiger partial charge in [0.2, 0.25) is 5.91 Å². The highest BCUT2D eigenvalue weighted by molar-refractivity contribution is 6.30. The van der Waals surface area contributed by atoms with E-state index in [1.807, 2.05) is 17.9 Å². The predicted molar refractivity (Wildman–Crippen MR) is 121 cm³/mol. The second kappa shape index (κ2) is 9.96. The fraction of sp³-hybridized carbons (Fsp3) is 0.455. The molecule has 0 aliphatic carbocycles. The number of halogens is 1. The van der Waals surface area contributed by atoms with Crippen LogP contribution in [-0.4, -0.2) is 53.0 Å². The van der Waals surface area contributed by atoms with E-state index >= 15 is 0 Å². The van der Waals surface area contributed by atoms with E-state index in [0.717, 1.165) is 22.9 Å². The maximum Gasteiger partial charge on any atom is 0.312 e. The van der Waals surface area contributed by atoms with Crippen LogP contribution in [0.4, 0.5) is 10.6 Å². The highest BCUT2D eigenvalue weighted by atomic mass is 35.5. The van der Waals surface area contributed by atoms with Gasteiger partial charge in [-0.2, -0.15) is 0 Å². The normalized spacial score (nSPS) is 15.1. The van der Waals surface area contributed by atoms with Crippen LogP contribution in [0, 0.1) is 6.92 Å². The second-order valence-electron chi connectivity index (χ2n) is 8.07. The average molecular weight is 445 g/mol. The van der Waals surface area contributed by atoms with Crippen molar-refractivity contribution in [3.8, 4) is 0 Å². The Hall–Kier alpha value is -2.87. The number of hydrogen-bond donors (Lipinski definition) is 2. The summed E-state index contributed by atoms with van der Waals surface area (Å²) in [6, 6.07) is 7.85. The molecule has 3 amide bonds. The van der Waals surface area contributed by atoms with E-state index in [1.165, 1.54) is 0 Å². The van der Waals surface area contributed by atoms with Crippen LogP contribution < -0.4 is 16.0 Å². The molecule has 1 fully saturated rings. The van der Waals surface area contributed by atoms with Crippen molar-refractivity contribution in [1.29, 1.82) is 0 Å². The average Bonchev–Trinajstić information content (AvgIpc) is 2.73. The first-order valence-electron chi connectivity index (χ1n) is 10.4. The third kappa shape index (κ3) is 6.07. The molecule has 2 heterocycles. The summed E-state index contributed by atoms with van der Waals surface area (Å²) in [5.41, 5.74) is 7.05. The lowest BCUT2D eigenvalue weighted by molar-refractivity contribution is -0.132. The topological polar surface area (TPSA) is 104 Å². The first-order chi connectivity index (χ1) is 14.7. The van der Waals surface area contributed by atoms with Gasteiger partial charge in [-0.3, -0.25) is 4.79 Å². The number of aryl methyl sites for hydroxylation is 1. The van der Waals surface area contributed by atoms with Gasteiger partial charge < -0.3 is 20.9 Å². The van der Waals surface area contributed by atoms with Gasteiger partial charge in [0.15, 0.2) is 0 Å². The third-order valence-corrected chi connectivity index (χ3v) is 5.55. The lowest BCUT2D eigenvalue weighted by atomic mass is 10.0. The molecule has 3 rings (SSSR count). The molecule has 0 spiro atoms. The fourth-order valence-corrected chi connectivity index (χ4v) is 3.73. The van der Waals surface area contributed by atoms with E-state index in [9.17, 15) is 9.59 Å². The van der Waals surface area contributed by atoms with Crippen molar-refractivity contribution < 1.29 is 9.59 Å². The SMILES string of the molecule is Cc1cc(N2CCN(C(=O)C[C@H](NC(N)=O)c3ccc(Cl)cc3)CC2)nc(C(C)C)n1. The van der Waals surface area contributed by atoms with E-state index in [-0.39, 0.29) is 18.2 Å². The minimum absolute atomic E-state index is 0.0323. The predicted octanol–water partition coefficient (Wildman–Crippen LogP) is 3.01. The molecular weight excluding hydrogens is 416 g/mol. The highest BCUT2D eigenvalue weighted by Crippen LogP contribution is 2.22. The molecule has 166 valence electrons. The molecule has 1 atom stereocenters. The van der Waals surface area contributed by atoms with Crippen LogP contribution in [0.1, 0.15) is 49.3 Å². The molecule has 1 aliphatic heterocycles. The summed E-state index contributed by atoms with van der Waals surface area (Å²) in [6.45, 7) is 8.67. The summed E-state index contributed by atoms with van der Waals surface area (Å²) in [7, 11) is 0. The Balaban J connectivity index is 1.63. The molecule has 2 aromatic rings. The van der Waals surface area contributed by atoms with Crippen molar-refractivity contribution in [3.63, 3.8) is 0 Å². The zero-order chi connectivity index (χ0) is 22.5. The highest BCUT2D eigenvalue weighted by Gasteiger charge is 2.26. The van der Waals surface area contributed by atoms with Gasteiger partial charge in [0, 0.05) is 48.9 Å². The summed E-state index contributed by atoms with van der Waals surface area (Å²) >= 11 is 5.95. The molecular formula is C22H29ClN6O2. The number of nitrogens with two attached hydrogens (primary N) is 1.